The monoisotopic (exact) mass is 288 g/mol. The first kappa shape index (κ1) is 13.5. The summed E-state index contributed by atoms with van der Waals surface area (Å²) in [6.45, 7) is 7.50. The average Bonchev–Trinajstić information content (AvgIpc) is 2.74. The van der Waals surface area contributed by atoms with E-state index < -0.39 is 0 Å². The molecule has 5 heteroatoms. The lowest BCUT2D eigenvalue weighted by molar-refractivity contribution is 0.285. The van der Waals surface area contributed by atoms with Crippen LogP contribution in [0.5, 0.6) is 0 Å². The summed E-state index contributed by atoms with van der Waals surface area (Å²) in [5, 5.41) is 3.37. The van der Waals surface area contributed by atoms with Crippen molar-refractivity contribution in [1.29, 1.82) is 0 Å². The minimum absolute atomic E-state index is 0.989. The molecule has 0 unspecified atom stereocenters. The maximum absolute atomic E-state index is 4.57. The van der Waals surface area contributed by atoms with Gasteiger partial charge in [-0.3, -0.25) is 9.88 Å². The van der Waals surface area contributed by atoms with Crippen molar-refractivity contribution in [2.75, 3.05) is 31.1 Å². The third-order valence-electron chi connectivity index (χ3n) is 3.64. The van der Waals surface area contributed by atoms with Crippen LogP contribution in [-0.4, -0.2) is 41.0 Å². The highest BCUT2D eigenvalue weighted by Crippen LogP contribution is 2.17. The number of hydrogen-bond acceptors (Lipinski definition) is 5. The van der Waals surface area contributed by atoms with Gasteiger partial charge in [0.2, 0.25) is 0 Å². The molecule has 2 aromatic rings. The lowest BCUT2D eigenvalue weighted by atomic mass is 10.3. The maximum atomic E-state index is 4.57. The Hall–Kier alpha value is -1.46. The van der Waals surface area contributed by atoms with Crippen LogP contribution in [-0.2, 0) is 6.54 Å². The van der Waals surface area contributed by atoms with Gasteiger partial charge in [-0.1, -0.05) is 0 Å². The van der Waals surface area contributed by atoms with E-state index in [2.05, 4.69) is 44.2 Å². The van der Waals surface area contributed by atoms with E-state index in [1.165, 1.54) is 17.1 Å². The molecule has 3 heterocycles. The van der Waals surface area contributed by atoms with Gasteiger partial charge in [0.05, 0.1) is 6.54 Å². The van der Waals surface area contributed by atoms with Crippen LogP contribution in [0.3, 0.4) is 0 Å². The summed E-state index contributed by atoms with van der Waals surface area (Å²) < 4.78 is 0. The predicted octanol–water partition coefficient (Wildman–Crippen LogP) is 2.56. The van der Waals surface area contributed by atoms with Crippen LogP contribution < -0.4 is 4.90 Å². The molecule has 0 radical (unpaired) electrons. The van der Waals surface area contributed by atoms with E-state index in [-0.39, 0.29) is 0 Å². The number of aryl methyl sites for hydroxylation is 1. The summed E-state index contributed by atoms with van der Waals surface area (Å²) in [5.41, 5.74) is 2.42. The highest BCUT2D eigenvalue weighted by molar-refractivity contribution is 7.09. The molecule has 0 aliphatic carbocycles. The second kappa shape index (κ2) is 6.33. The fourth-order valence-electron chi connectivity index (χ4n) is 2.61. The Balaban J connectivity index is 1.59. The van der Waals surface area contributed by atoms with Gasteiger partial charge in [-0.25, -0.2) is 4.98 Å². The smallest absolute Gasteiger partial charge is 0.107 e. The van der Waals surface area contributed by atoms with E-state index in [9.17, 15) is 0 Å². The van der Waals surface area contributed by atoms with Gasteiger partial charge >= 0.3 is 0 Å². The Morgan fingerprint density at radius 1 is 1.15 bits per heavy atom. The molecule has 0 spiro atoms. The van der Waals surface area contributed by atoms with Gasteiger partial charge in [0, 0.05) is 55.3 Å². The normalized spacial score (nSPS) is 17.1. The SMILES string of the molecule is Cc1csc(CN2CCCN(c3ccncc3)CC2)n1. The lowest BCUT2D eigenvalue weighted by Gasteiger charge is -2.23. The predicted molar refractivity (Wildman–Crippen MR) is 83.2 cm³/mol. The molecule has 0 bridgehead atoms. The van der Waals surface area contributed by atoms with Crippen LogP contribution >= 0.6 is 11.3 Å². The number of pyridine rings is 1. The molecule has 0 N–H and O–H groups in total. The third kappa shape index (κ3) is 3.35. The molecule has 1 aliphatic rings. The van der Waals surface area contributed by atoms with Crippen molar-refractivity contribution in [2.24, 2.45) is 0 Å². The van der Waals surface area contributed by atoms with E-state index in [1.807, 2.05) is 12.4 Å². The van der Waals surface area contributed by atoms with Gasteiger partial charge in [0.15, 0.2) is 0 Å². The highest BCUT2D eigenvalue weighted by atomic mass is 32.1. The number of nitrogens with zero attached hydrogens (tertiary/aromatic N) is 4. The fourth-order valence-corrected chi connectivity index (χ4v) is 3.42. The Morgan fingerprint density at radius 2 is 2.00 bits per heavy atom. The molecule has 1 aliphatic heterocycles. The number of aromatic nitrogens is 2. The number of hydrogen-bond donors (Lipinski definition) is 0. The van der Waals surface area contributed by atoms with E-state index >= 15 is 0 Å². The zero-order chi connectivity index (χ0) is 13.8. The molecule has 0 atom stereocenters. The van der Waals surface area contributed by atoms with Crippen molar-refractivity contribution in [3.05, 3.63) is 40.6 Å². The summed E-state index contributed by atoms with van der Waals surface area (Å²) in [6.07, 6.45) is 4.94. The van der Waals surface area contributed by atoms with Crippen molar-refractivity contribution in [1.82, 2.24) is 14.9 Å². The topological polar surface area (TPSA) is 32.3 Å². The lowest BCUT2D eigenvalue weighted by Crippen LogP contribution is -2.30. The highest BCUT2D eigenvalue weighted by Gasteiger charge is 2.16. The first-order valence-electron chi connectivity index (χ1n) is 7.09. The van der Waals surface area contributed by atoms with Gasteiger partial charge < -0.3 is 4.90 Å². The van der Waals surface area contributed by atoms with Crippen LogP contribution in [0.25, 0.3) is 0 Å². The second-order valence-electron chi connectivity index (χ2n) is 5.20. The van der Waals surface area contributed by atoms with Crippen molar-refractivity contribution in [3.63, 3.8) is 0 Å². The quantitative estimate of drug-likeness (QED) is 0.869. The summed E-state index contributed by atoms with van der Waals surface area (Å²) in [4.78, 5) is 13.6. The Kier molecular flexibility index (Phi) is 4.28. The van der Waals surface area contributed by atoms with Gasteiger partial charge in [-0.05, 0) is 25.5 Å². The fraction of sp³-hybridized carbons (Fsp3) is 0.467. The molecule has 1 fully saturated rings. The van der Waals surface area contributed by atoms with Crippen LogP contribution in [0.15, 0.2) is 29.9 Å². The van der Waals surface area contributed by atoms with Crippen LogP contribution in [0, 0.1) is 6.92 Å². The van der Waals surface area contributed by atoms with E-state index in [4.69, 9.17) is 0 Å². The Labute approximate surface area is 124 Å². The molecular formula is C15H20N4S. The Morgan fingerprint density at radius 3 is 2.75 bits per heavy atom. The molecule has 106 valence electrons. The molecule has 3 rings (SSSR count). The van der Waals surface area contributed by atoms with Crippen molar-refractivity contribution < 1.29 is 0 Å². The summed E-state index contributed by atoms with van der Waals surface area (Å²) in [7, 11) is 0. The molecule has 20 heavy (non-hydrogen) atoms. The van der Waals surface area contributed by atoms with Gasteiger partial charge in [-0.2, -0.15) is 0 Å². The first-order chi connectivity index (χ1) is 9.81. The molecule has 0 saturated carbocycles. The third-order valence-corrected chi connectivity index (χ3v) is 4.59. The number of anilines is 1. The van der Waals surface area contributed by atoms with Crippen molar-refractivity contribution >= 4 is 17.0 Å². The van der Waals surface area contributed by atoms with Crippen LogP contribution in [0.1, 0.15) is 17.1 Å². The van der Waals surface area contributed by atoms with Crippen molar-refractivity contribution in [3.8, 4) is 0 Å². The molecule has 2 aromatic heterocycles. The average molecular weight is 288 g/mol. The Bertz CT molecular complexity index is 540. The summed E-state index contributed by atoms with van der Waals surface area (Å²) in [5.74, 6) is 0. The van der Waals surface area contributed by atoms with E-state index in [0.29, 0.717) is 0 Å². The van der Waals surface area contributed by atoms with Crippen LogP contribution in [0.4, 0.5) is 5.69 Å². The molecule has 4 nitrogen and oxygen atoms in total. The molecule has 1 saturated heterocycles. The largest absolute Gasteiger partial charge is 0.370 e. The summed E-state index contributed by atoms with van der Waals surface area (Å²) in [6, 6.07) is 4.19. The molecule has 0 amide bonds. The van der Waals surface area contributed by atoms with E-state index in [1.54, 1.807) is 11.3 Å². The van der Waals surface area contributed by atoms with E-state index in [0.717, 1.165) is 38.4 Å². The summed E-state index contributed by atoms with van der Waals surface area (Å²) >= 11 is 1.77. The molecular weight excluding hydrogens is 268 g/mol. The minimum Gasteiger partial charge on any atom is -0.370 e. The van der Waals surface area contributed by atoms with Gasteiger partial charge in [0.25, 0.3) is 0 Å². The second-order valence-corrected chi connectivity index (χ2v) is 6.15. The minimum atomic E-state index is 0.989. The maximum Gasteiger partial charge on any atom is 0.107 e. The number of rotatable bonds is 3. The van der Waals surface area contributed by atoms with Gasteiger partial charge in [0.1, 0.15) is 5.01 Å². The first-order valence-corrected chi connectivity index (χ1v) is 7.97. The van der Waals surface area contributed by atoms with Gasteiger partial charge in [-0.15, -0.1) is 11.3 Å². The zero-order valence-electron chi connectivity index (χ0n) is 11.8. The molecule has 0 aromatic carbocycles. The standard InChI is InChI=1S/C15H20N4S/c1-13-12-20-15(17-13)11-18-7-2-8-19(10-9-18)14-3-5-16-6-4-14/h3-6,12H,2,7-11H2,1H3. The van der Waals surface area contributed by atoms with Crippen molar-refractivity contribution in [2.45, 2.75) is 19.9 Å². The van der Waals surface area contributed by atoms with Crippen LogP contribution in [0.2, 0.25) is 0 Å². The number of thiazole rings is 1. The zero-order valence-corrected chi connectivity index (χ0v) is 12.6.